The summed E-state index contributed by atoms with van der Waals surface area (Å²) >= 11 is 0. The molecule has 0 saturated heterocycles. The monoisotopic (exact) mass is 403 g/mol. The van der Waals surface area contributed by atoms with Crippen molar-refractivity contribution in [2.75, 3.05) is 7.11 Å². The van der Waals surface area contributed by atoms with Gasteiger partial charge < -0.3 is 10.1 Å². The van der Waals surface area contributed by atoms with Gasteiger partial charge in [-0.05, 0) is 36.4 Å². The summed E-state index contributed by atoms with van der Waals surface area (Å²) < 4.78 is 20.5. The molecule has 4 rings (SSSR count). The molecule has 6 nitrogen and oxygen atoms in total. The largest absolute Gasteiger partial charge is 0.496 e. The fraction of sp³-hybridized carbons (Fsp3) is 0.0870. The van der Waals surface area contributed by atoms with E-state index in [2.05, 4.69) is 10.3 Å². The molecule has 4 aromatic rings. The highest BCUT2D eigenvalue weighted by Crippen LogP contribution is 2.18. The molecule has 0 aliphatic carbocycles. The van der Waals surface area contributed by atoms with E-state index in [1.165, 1.54) is 24.5 Å². The van der Waals surface area contributed by atoms with Crippen LogP contribution in [-0.2, 0) is 6.54 Å². The first-order valence-electron chi connectivity index (χ1n) is 9.25. The van der Waals surface area contributed by atoms with Crippen molar-refractivity contribution < 1.29 is 13.9 Å². The van der Waals surface area contributed by atoms with Crippen LogP contribution < -0.4 is 15.6 Å². The number of ether oxygens (including phenoxy) is 1. The van der Waals surface area contributed by atoms with Gasteiger partial charge in [0.2, 0.25) is 0 Å². The van der Waals surface area contributed by atoms with Gasteiger partial charge in [0.25, 0.3) is 11.5 Å². The van der Waals surface area contributed by atoms with Crippen LogP contribution in [0.25, 0.3) is 16.6 Å². The Bertz CT molecular complexity index is 1300. The number of nitrogens with zero attached hydrogens (tertiary/aromatic N) is 2. The smallest absolute Gasteiger partial charge is 0.265 e. The van der Waals surface area contributed by atoms with E-state index >= 15 is 0 Å². The zero-order valence-corrected chi connectivity index (χ0v) is 16.1. The molecule has 150 valence electrons. The Labute approximate surface area is 171 Å². The lowest BCUT2D eigenvalue weighted by Gasteiger charge is -2.10. The minimum absolute atomic E-state index is 0.121. The number of hydrogen-bond acceptors (Lipinski definition) is 4. The van der Waals surface area contributed by atoms with Crippen LogP contribution in [0.1, 0.15) is 15.9 Å². The Morgan fingerprint density at radius 3 is 2.67 bits per heavy atom. The molecule has 0 aliphatic heterocycles. The summed E-state index contributed by atoms with van der Waals surface area (Å²) in [7, 11) is 1.57. The molecule has 1 N–H and O–H groups in total. The number of benzene rings is 3. The number of halogens is 1. The first-order valence-corrected chi connectivity index (χ1v) is 9.25. The van der Waals surface area contributed by atoms with Gasteiger partial charge in [-0.15, -0.1) is 0 Å². The molecule has 0 atom stereocenters. The van der Waals surface area contributed by atoms with Gasteiger partial charge in [0.15, 0.2) is 0 Å². The van der Waals surface area contributed by atoms with Crippen molar-refractivity contribution in [1.82, 2.24) is 14.9 Å². The van der Waals surface area contributed by atoms with E-state index < -0.39 is 11.4 Å². The van der Waals surface area contributed by atoms with Gasteiger partial charge in [0.05, 0.1) is 23.7 Å². The molecule has 7 heteroatoms. The zero-order chi connectivity index (χ0) is 21.1. The van der Waals surface area contributed by atoms with Crippen molar-refractivity contribution in [3.63, 3.8) is 0 Å². The number of carbonyl (C=O) groups is 1. The molecule has 0 radical (unpaired) electrons. The number of fused-ring (bicyclic) bond motifs is 1. The van der Waals surface area contributed by atoms with Crippen molar-refractivity contribution >= 4 is 16.8 Å². The van der Waals surface area contributed by atoms with Crippen LogP contribution in [0.4, 0.5) is 4.39 Å². The third-order valence-corrected chi connectivity index (χ3v) is 4.77. The number of hydrogen-bond donors (Lipinski definition) is 1. The molecule has 0 saturated carbocycles. The summed E-state index contributed by atoms with van der Waals surface area (Å²) in [6.07, 6.45) is 1.26. The number of aromatic nitrogens is 2. The lowest BCUT2D eigenvalue weighted by Crippen LogP contribution is -2.24. The van der Waals surface area contributed by atoms with Crippen molar-refractivity contribution in [2.24, 2.45) is 0 Å². The number of amides is 1. The van der Waals surface area contributed by atoms with Gasteiger partial charge in [-0.25, -0.2) is 9.37 Å². The van der Waals surface area contributed by atoms with E-state index in [9.17, 15) is 14.0 Å². The fourth-order valence-electron chi connectivity index (χ4n) is 3.21. The van der Waals surface area contributed by atoms with Crippen molar-refractivity contribution in [3.8, 4) is 11.4 Å². The van der Waals surface area contributed by atoms with Gasteiger partial charge in [-0.2, -0.15) is 0 Å². The second-order valence-corrected chi connectivity index (χ2v) is 6.60. The van der Waals surface area contributed by atoms with Crippen molar-refractivity contribution in [3.05, 3.63) is 100 Å². The van der Waals surface area contributed by atoms with E-state index in [1.807, 2.05) is 24.3 Å². The first kappa shape index (κ1) is 19.3. The molecule has 1 heterocycles. The maximum atomic E-state index is 14.1. The average Bonchev–Trinajstić information content (AvgIpc) is 2.78. The molecule has 0 fully saturated rings. The minimum atomic E-state index is -0.520. The standard InChI is InChI=1S/C23H18FN3O3/c1-30-21-9-5-2-6-16(21)13-25-22(28)15-10-11-17-19(12-15)26-14-27(23(17)29)20-8-4-3-7-18(20)24/h2-12,14H,13H2,1H3,(H,25,28). The van der Waals surface area contributed by atoms with E-state index in [4.69, 9.17) is 4.74 Å². The Hall–Kier alpha value is -4.00. The molecule has 0 unspecified atom stereocenters. The van der Waals surface area contributed by atoms with Crippen molar-refractivity contribution in [1.29, 1.82) is 0 Å². The molecule has 30 heavy (non-hydrogen) atoms. The summed E-state index contributed by atoms with van der Waals surface area (Å²) in [6.45, 7) is 0.295. The third-order valence-electron chi connectivity index (χ3n) is 4.77. The molecular weight excluding hydrogens is 385 g/mol. The average molecular weight is 403 g/mol. The topological polar surface area (TPSA) is 73.2 Å². The van der Waals surface area contributed by atoms with Crippen LogP contribution in [-0.4, -0.2) is 22.6 Å². The van der Waals surface area contributed by atoms with E-state index in [1.54, 1.807) is 31.4 Å². The normalized spacial score (nSPS) is 10.7. The quantitative estimate of drug-likeness (QED) is 0.554. The van der Waals surface area contributed by atoms with Crippen LogP contribution in [0.15, 0.2) is 77.9 Å². The summed E-state index contributed by atoms with van der Waals surface area (Å²) in [5.74, 6) is -0.136. The summed E-state index contributed by atoms with van der Waals surface area (Å²) in [6, 6.07) is 18.0. The Morgan fingerprint density at radius 2 is 1.87 bits per heavy atom. The van der Waals surface area contributed by atoms with E-state index in [0.29, 0.717) is 28.8 Å². The molecule has 1 aromatic heterocycles. The van der Waals surface area contributed by atoms with Crippen LogP contribution in [0, 0.1) is 5.82 Å². The predicted octanol–water partition coefficient (Wildman–Crippen LogP) is 3.46. The van der Waals surface area contributed by atoms with Crippen LogP contribution in [0.5, 0.6) is 5.75 Å². The zero-order valence-electron chi connectivity index (χ0n) is 16.1. The maximum Gasteiger partial charge on any atom is 0.265 e. The second kappa shape index (κ2) is 8.16. The molecular formula is C23H18FN3O3. The lowest BCUT2D eigenvalue weighted by atomic mass is 10.1. The Morgan fingerprint density at radius 1 is 1.10 bits per heavy atom. The summed E-state index contributed by atoms with van der Waals surface area (Å²) in [4.78, 5) is 29.6. The van der Waals surface area contributed by atoms with Gasteiger partial charge >= 0.3 is 0 Å². The molecule has 0 aliphatic rings. The highest BCUT2D eigenvalue weighted by Gasteiger charge is 2.13. The minimum Gasteiger partial charge on any atom is -0.496 e. The SMILES string of the molecule is COc1ccccc1CNC(=O)c1ccc2c(=O)n(-c3ccccc3F)cnc2c1. The highest BCUT2D eigenvalue weighted by molar-refractivity contribution is 5.97. The molecule has 3 aromatic carbocycles. The van der Waals surface area contributed by atoms with Crippen LogP contribution in [0.3, 0.4) is 0 Å². The number of methoxy groups -OCH3 is 1. The third kappa shape index (κ3) is 3.65. The van der Waals surface area contributed by atoms with Crippen molar-refractivity contribution in [2.45, 2.75) is 6.54 Å². The van der Waals surface area contributed by atoms with Gasteiger partial charge in [0.1, 0.15) is 17.9 Å². The maximum absolute atomic E-state index is 14.1. The van der Waals surface area contributed by atoms with Crippen LogP contribution in [0.2, 0.25) is 0 Å². The number of para-hydroxylation sites is 2. The number of nitrogens with one attached hydrogen (secondary N) is 1. The van der Waals surface area contributed by atoms with Gasteiger partial charge in [-0.1, -0.05) is 30.3 Å². The highest BCUT2D eigenvalue weighted by atomic mass is 19.1. The van der Waals surface area contributed by atoms with Crippen LogP contribution >= 0.6 is 0 Å². The first-order chi connectivity index (χ1) is 14.6. The van der Waals surface area contributed by atoms with E-state index in [-0.39, 0.29) is 11.6 Å². The van der Waals surface area contributed by atoms with E-state index in [0.717, 1.165) is 10.1 Å². The second-order valence-electron chi connectivity index (χ2n) is 6.60. The molecule has 1 amide bonds. The van der Waals surface area contributed by atoms with Gasteiger partial charge in [-0.3, -0.25) is 14.2 Å². The van der Waals surface area contributed by atoms with Gasteiger partial charge in [0, 0.05) is 17.7 Å². The Kier molecular flexibility index (Phi) is 5.26. The lowest BCUT2D eigenvalue weighted by molar-refractivity contribution is 0.0951. The fourth-order valence-corrected chi connectivity index (χ4v) is 3.21. The molecule has 0 spiro atoms. The molecule has 0 bridgehead atoms. The number of carbonyl (C=O) groups excluding carboxylic acids is 1. The predicted molar refractivity (Wildman–Crippen MR) is 111 cm³/mol. The summed E-state index contributed by atoms with van der Waals surface area (Å²) in [5, 5.41) is 3.13. The summed E-state index contributed by atoms with van der Waals surface area (Å²) in [5.41, 5.74) is 1.28. The number of rotatable bonds is 5. The Balaban J connectivity index is 1.61.